The highest BCUT2D eigenvalue weighted by atomic mass is 16.5. The van der Waals surface area contributed by atoms with Crippen LogP contribution in [0.4, 0.5) is 10.6 Å². The zero-order valence-corrected chi connectivity index (χ0v) is 19.9. The van der Waals surface area contributed by atoms with Crippen molar-refractivity contribution in [3.05, 3.63) is 71.4 Å². The van der Waals surface area contributed by atoms with Gasteiger partial charge in [0.2, 0.25) is 0 Å². The van der Waals surface area contributed by atoms with Gasteiger partial charge in [-0.25, -0.2) is 4.79 Å². The Morgan fingerprint density at radius 1 is 1.09 bits per heavy atom. The van der Waals surface area contributed by atoms with Crippen LogP contribution in [0.25, 0.3) is 11.1 Å². The van der Waals surface area contributed by atoms with E-state index < -0.39 is 18.0 Å². The van der Waals surface area contributed by atoms with Crippen LogP contribution in [-0.4, -0.2) is 57.0 Å². The monoisotopic (exact) mass is 476 g/mol. The molecule has 0 saturated heterocycles. The number of nitrogens with zero attached hydrogens (tertiary/aromatic N) is 3. The van der Waals surface area contributed by atoms with E-state index in [1.807, 2.05) is 36.4 Å². The van der Waals surface area contributed by atoms with Gasteiger partial charge in [-0.2, -0.15) is 5.10 Å². The largest absolute Gasteiger partial charge is 0.481 e. The first-order valence-corrected chi connectivity index (χ1v) is 11.4. The normalized spacial score (nSPS) is 12.2. The fraction of sp³-hybridized carbons (Fsp3) is 0.308. The highest BCUT2D eigenvalue weighted by Crippen LogP contribution is 2.44. The molecule has 0 radical (unpaired) electrons. The van der Waals surface area contributed by atoms with Gasteiger partial charge in [0.05, 0.1) is 12.6 Å². The summed E-state index contributed by atoms with van der Waals surface area (Å²) in [4.78, 5) is 38.4. The fourth-order valence-electron chi connectivity index (χ4n) is 4.44. The molecule has 2 aromatic carbocycles. The summed E-state index contributed by atoms with van der Waals surface area (Å²) in [6.45, 7) is 3.78. The molecule has 9 nitrogen and oxygen atoms in total. The van der Waals surface area contributed by atoms with Gasteiger partial charge in [-0.15, -0.1) is 0 Å². The van der Waals surface area contributed by atoms with Crippen LogP contribution in [0, 0.1) is 0 Å². The van der Waals surface area contributed by atoms with Gasteiger partial charge in [0.25, 0.3) is 5.91 Å². The second-order valence-corrected chi connectivity index (χ2v) is 8.72. The van der Waals surface area contributed by atoms with E-state index in [1.165, 1.54) is 15.8 Å². The molecule has 1 heterocycles. The van der Waals surface area contributed by atoms with Crippen molar-refractivity contribution in [1.29, 1.82) is 0 Å². The number of hydrogen-bond donors (Lipinski definition) is 2. The highest BCUT2D eigenvalue weighted by molar-refractivity contribution is 6.01. The first-order valence-electron chi connectivity index (χ1n) is 11.4. The topological polar surface area (TPSA) is 114 Å². The fourth-order valence-corrected chi connectivity index (χ4v) is 4.44. The Morgan fingerprint density at radius 2 is 1.69 bits per heavy atom. The van der Waals surface area contributed by atoms with Gasteiger partial charge in [0.15, 0.2) is 0 Å². The van der Waals surface area contributed by atoms with E-state index in [1.54, 1.807) is 20.9 Å². The van der Waals surface area contributed by atoms with Crippen molar-refractivity contribution >= 4 is 23.8 Å². The van der Waals surface area contributed by atoms with Crippen LogP contribution in [0.3, 0.4) is 0 Å². The van der Waals surface area contributed by atoms with Crippen LogP contribution in [0.1, 0.15) is 47.7 Å². The third kappa shape index (κ3) is 4.89. The van der Waals surface area contributed by atoms with Crippen LogP contribution in [0.15, 0.2) is 54.7 Å². The van der Waals surface area contributed by atoms with E-state index >= 15 is 0 Å². The van der Waals surface area contributed by atoms with Gasteiger partial charge < -0.3 is 14.7 Å². The number of nitrogens with one attached hydrogen (secondary N) is 1. The first kappa shape index (κ1) is 24.0. The molecule has 182 valence electrons. The number of hydrogen-bond acceptors (Lipinski definition) is 5. The molecule has 0 spiro atoms. The minimum atomic E-state index is -0.994. The van der Waals surface area contributed by atoms with Crippen LogP contribution >= 0.6 is 0 Å². The van der Waals surface area contributed by atoms with Gasteiger partial charge >= 0.3 is 12.1 Å². The third-order valence-electron chi connectivity index (χ3n) is 6.18. The lowest BCUT2D eigenvalue weighted by Crippen LogP contribution is -2.38. The summed E-state index contributed by atoms with van der Waals surface area (Å²) >= 11 is 0. The van der Waals surface area contributed by atoms with E-state index in [0.717, 1.165) is 22.3 Å². The number of carboxylic acid groups (broad SMARTS) is 1. The number of ether oxygens (including phenoxy) is 1. The van der Waals surface area contributed by atoms with Crippen LogP contribution in [0.2, 0.25) is 0 Å². The summed E-state index contributed by atoms with van der Waals surface area (Å²) in [6.07, 6.45) is 0.475. The molecular formula is C26H28N4O5. The molecule has 0 aliphatic heterocycles. The predicted molar refractivity (Wildman–Crippen MR) is 130 cm³/mol. The molecule has 1 aromatic heterocycles. The number of anilines is 1. The van der Waals surface area contributed by atoms with Crippen molar-refractivity contribution in [1.82, 2.24) is 14.7 Å². The SMILES string of the molecule is CC(C)N(CCC(=O)O)C(=O)c1cnn(C)c1NC(=O)OCC1c2ccccc2-c2ccccc21. The van der Waals surface area contributed by atoms with E-state index in [2.05, 4.69) is 22.5 Å². The molecule has 0 unspecified atom stereocenters. The maximum absolute atomic E-state index is 13.1. The summed E-state index contributed by atoms with van der Waals surface area (Å²) < 4.78 is 6.98. The molecular weight excluding hydrogens is 448 g/mol. The number of carboxylic acids is 1. The quantitative estimate of drug-likeness (QED) is 0.506. The van der Waals surface area contributed by atoms with Crippen molar-refractivity contribution in [2.24, 2.45) is 7.05 Å². The first-order chi connectivity index (χ1) is 16.8. The van der Waals surface area contributed by atoms with Gasteiger partial charge in [0.1, 0.15) is 18.0 Å². The number of fused-ring (bicyclic) bond motifs is 3. The number of aryl methyl sites for hydroxylation is 1. The Hall–Kier alpha value is -4.14. The van der Waals surface area contributed by atoms with E-state index in [-0.39, 0.29) is 42.9 Å². The molecule has 2 amide bonds. The zero-order chi connectivity index (χ0) is 25.1. The number of aromatic nitrogens is 2. The Balaban J connectivity index is 1.48. The predicted octanol–water partition coefficient (Wildman–Crippen LogP) is 4.11. The Kier molecular flexibility index (Phi) is 6.86. The average Bonchev–Trinajstić information content (AvgIpc) is 3.35. The molecule has 0 fully saturated rings. The number of benzene rings is 2. The summed E-state index contributed by atoms with van der Waals surface area (Å²) in [5.41, 5.74) is 4.63. The highest BCUT2D eigenvalue weighted by Gasteiger charge is 2.30. The number of carbonyl (C=O) groups excluding carboxylic acids is 2. The molecule has 2 N–H and O–H groups in total. The summed E-state index contributed by atoms with van der Waals surface area (Å²) in [5, 5.41) is 15.8. The number of carbonyl (C=O) groups is 3. The number of aliphatic carboxylic acids is 1. The lowest BCUT2D eigenvalue weighted by atomic mass is 9.98. The van der Waals surface area contributed by atoms with Crippen LogP contribution < -0.4 is 5.32 Å². The minimum absolute atomic E-state index is 0.0467. The van der Waals surface area contributed by atoms with E-state index in [0.29, 0.717) is 0 Å². The minimum Gasteiger partial charge on any atom is -0.481 e. The zero-order valence-electron chi connectivity index (χ0n) is 19.9. The van der Waals surface area contributed by atoms with E-state index in [9.17, 15) is 14.4 Å². The lowest BCUT2D eigenvalue weighted by molar-refractivity contribution is -0.137. The third-order valence-corrected chi connectivity index (χ3v) is 6.18. The van der Waals surface area contributed by atoms with Gasteiger partial charge in [0, 0.05) is 25.6 Å². The van der Waals surface area contributed by atoms with Crippen molar-refractivity contribution < 1.29 is 24.2 Å². The molecule has 1 aliphatic carbocycles. The van der Waals surface area contributed by atoms with Gasteiger partial charge in [-0.1, -0.05) is 48.5 Å². The summed E-state index contributed by atoms with van der Waals surface area (Å²) in [7, 11) is 1.60. The van der Waals surface area contributed by atoms with Crippen molar-refractivity contribution in [3.63, 3.8) is 0 Å². The van der Waals surface area contributed by atoms with Crippen LogP contribution in [0.5, 0.6) is 0 Å². The van der Waals surface area contributed by atoms with E-state index in [4.69, 9.17) is 9.84 Å². The molecule has 9 heteroatoms. The number of rotatable bonds is 8. The van der Waals surface area contributed by atoms with Crippen molar-refractivity contribution in [2.45, 2.75) is 32.2 Å². The maximum atomic E-state index is 13.1. The Morgan fingerprint density at radius 3 is 2.26 bits per heavy atom. The van der Waals surface area contributed by atoms with Crippen LogP contribution in [-0.2, 0) is 16.6 Å². The Labute approximate surface area is 203 Å². The molecule has 35 heavy (non-hydrogen) atoms. The second kappa shape index (κ2) is 10.0. The van der Waals surface area contributed by atoms with Crippen molar-refractivity contribution in [2.75, 3.05) is 18.5 Å². The molecule has 1 aliphatic rings. The maximum Gasteiger partial charge on any atom is 0.412 e. The van der Waals surface area contributed by atoms with Gasteiger partial charge in [-0.3, -0.25) is 19.6 Å². The smallest absolute Gasteiger partial charge is 0.412 e. The molecule has 0 bridgehead atoms. The van der Waals surface area contributed by atoms with Crippen molar-refractivity contribution in [3.8, 4) is 11.1 Å². The van der Waals surface area contributed by atoms with Gasteiger partial charge in [-0.05, 0) is 36.1 Å². The molecule has 3 aromatic rings. The second-order valence-electron chi connectivity index (χ2n) is 8.72. The number of amides is 2. The standard InChI is InChI=1S/C26H28N4O5/c1-16(2)30(13-12-23(31)32)25(33)21-14-27-29(3)24(21)28-26(34)35-15-22-19-10-6-4-8-17(19)18-9-5-7-11-20(18)22/h4-11,14,16,22H,12-13,15H2,1-3H3,(H,28,34)(H,31,32). The average molecular weight is 477 g/mol. The lowest BCUT2D eigenvalue weighted by Gasteiger charge is -2.26. The molecule has 4 rings (SSSR count). The summed E-state index contributed by atoms with van der Waals surface area (Å²) in [5.74, 6) is -1.31. The Bertz CT molecular complexity index is 1220. The molecule has 0 saturated carbocycles. The summed E-state index contributed by atoms with van der Waals surface area (Å²) in [6, 6.07) is 15.9. The molecule has 0 atom stereocenters.